The lowest BCUT2D eigenvalue weighted by Crippen LogP contribution is -2.27. The van der Waals surface area contributed by atoms with Crippen molar-refractivity contribution in [1.29, 1.82) is 0 Å². The van der Waals surface area contributed by atoms with Crippen LogP contribution in [0.4, 0.5) is 0 Å². The average Bonchev–Trinajstić information content (AvgIpc) is 2.84. The molecule has 1 fully saturated rings. The van der Waals surface area contributed by atoms with E-state index in [4.69, 9.17) is 4.74 Å². The molecule has 2 aliphatic heterocycles. The van der Waals surface area contributed by atoms with E-state index in [9.17, 15) is 0 Å². The van der Waals surface area contributed by atoms with Gasteiger partial charge in [-0.25, -0.2) is 0 Å². The molecule has 1 N–H and O–H groups in total. The SMILES string of the molecule is Cc1cccc2c1OCCCC2NCC1CCCS1. The summed E-state index contributed by atoms with van der Waals surface area (Å²) in [5, 5.41) is 4.60. The number of para-hydroxylation sites is 1. The molecule has 2 heterocycles. The lowest BCUT2D eigenvalue weighted by molar-refractivity contribution is 0.313. The van der Waals surface area contributed by atoms with Crippen LogP contribution < -0.4 is 10.1 Å². The van der Waals surface area contributed by atoms with E-state index in [0.29, 0.717) is 6.04 Å². The molecular formula is C16H23NOS. The second kappa shape index (κ2) is 6.19. The standard InChI is InChI=1S/C16H23NOS/c1-12-5-2-7-14-15(8-3-9-18-16(12)14)17-11-13-6-4-10-19-13/h2,5,7,13,15,17H,3-4,6,8-11H2,1H3. The van der Waals surface area contributed by atoms with Crippen molar-refractivity contribution in [3.05, 3.63) is 29.3 Å². The molecule has 0 spiro atoms. The Bertz CT molecular complexity index is 429. The van der Waals surface area contributed by atoms with Crippen molar-refractivity contribution < 1.29 is 4.74 Å². The Labute approximate surface area is 120 Å². The first kappa shape index (κ1) is 13.3. The molecule has 3 rings (SSSR count). The fourth-order valence-corrected chi connectivity index (χ4v) is 4.27. The number of nitrogens with one attached hydrogen (secondary N) is 1. The highest BCUT2D eigenvalue weighted by molar-refractivity contribution is 8.00. The van der Waals surface area contributed by atoms with E-state index in [1.807, 2.05) is 0 Å². The summed E-state index contributed by atoms with van der Waals surface area (Å²) in [6.07, 6.45) is 5.10. The topological polar surface area (TPSA) is 21.3 Å². The minimum absolute atomic E-state index is 0.471. The van der Waals surface area contributed by atoms with Crippen LogP contribution in [-0.4, -0.2) is 24.2 Å². The zero-order chi connectivity index (χ0) is 13.1. The van der Waals surface area contributed by atoms with Crippen LogP contribution in [0.1, 0.15) is 42.9 Å². The first-order valence-corrected chi connectivity index (χ1v) is 8.47. The zero-order valence-electron chi connectivity index (χ0n) is 11.7. The van der Waals surface area contributed by atoms with Crippen molar-refractivity contribution in [3.8, 4) is 5.75 Å². The van der Waals surface area contributed by atoms with Crippen LogP contribution in [0.15, 0.2) is 18.2 Å². The summed E-state index contributed by atoms with van der Waals surface area (Å²) < 4.78 is 5.94. The monoisotopic (exact) mass is 277 g/mol. The molecule has 0 radical (unpaired) electrons. The Morgan fingerprint density at radius 1 is 1.32 bits per heavy atom. The van der Waals surface area contributed by atoms with Crippen LogP contribution in [-0.2, 0) is 0 Å². The van der Waals surface area contributed by atoms with Gasteiger partial charge in [-0.2, -0.15) is 11.8 Å². The highest BCUT2D eigenvalue weighted by Crippen LogP contribution is 2.34. The fraction of sp³-hybridized carbons (Fsp3) is 0.625. The Morgan fingerprint density at radius 3 is 3.11 bits per heavy atom. The predicted octanol–water partition coefficient (Wildman–Crippen LogP) is 3.69. The van der Waals surface area contributed by atoms with Gasteiger partial charge in [0.15, 0.2) is 0 Å². The van der Waals surface area contributed by atoms with Crippen LogP contribution in [0.3, 0.4) is 0 Å². The highest BCUT2D eigenvalue weighted by Gasteiger charge is 2.22. The van der Waals surface area contributed by atoms with Gasteiger partial charge in [-0.3, -0.25) is 0 Å². The number of aryl methyl sites for hydroxylation is 1. The maximum Gasteiger partial charge on any atom is 0.126 e. The number of hydrogen-bond acceptors (Lipinski definition) is 3. The van der Waals surface area contributed by atoms with E-state index in [0.717, 1.165) is 30.6 Å². The van der Waals surface area contributed by atoms with E-state index < -0.39 is 0 Å². The number of fused-ring (bicyclic) bond motifs is 1. The minimum Gasteiger partial charge on any atom is -0.493 e. The van der Waals surface area contributed by atoms with E-state index in [-0.39, 0.29) is 0 Å². The predicted molar refractivity (Wildman–Crippen MR) is 82.1 cm³/mol. The lowest BCUT2D eigenvalue weighted by Gasteiger charge is -2.21. The summed E-state index contributed by atoms with van der Waals surface area (Å²) in [7, 11) is 0. The maximum absolute atomic E-state index is 5.94. The average molecular weight is 277 g/mol. The molecule has 0 amide bonds. The molecule has 2 unspecified atom stereocenters. The van der Waals surface area contributed by atoms with Crippen LogP contribution in [0.5, 0.6) is 5.75 Å². The number of rotatable bonds is 3. The molecule has 19 heavy (non-hydrogen) atoms. The number of hydrogen-bond donors (Lipinski definition) is 1. The molecule has 0 bridgehead atoms. The largest absolute Gasteiger partial charge is 0.493 e. The first-order valence-electron chi connectivity index (χ1n) is 7.42. The molecule has 0 aromatic heterocycles. The molecule has 1 saturated heterocycles. The molecule has 2 atom stereocenters. The third-order valence-corrected chi connectivity index (χ3v) is 5.52. The third kappa shape index (κ3) is 3.09. The van der Waals surface area contributed by atoms with Crippen LogP contribution >= 0.6 is 11.8 Å². The molecule has 3 heteroatoms. The van der Waals surface area contributed by atoms with E-state index in [1.165, 1.54) is 36.1 Å². The molecule has 0 aliphatic carbocycles. The van der Waals surface area contributed by atoms with Gasteiger partial charge in [-0.15, -0.1) is 0 Å². The summed E-state index contributed by atoms with van der Waals surface area (Å²) in [5.74, 6) is 2.46. The first-order chi connectivity index (χ1) is 9.34. The minimum atomic E-state index is 0.471. The molecule has 0 saturated carbocycles. The van der Waals surface area contributed by atoms with Gasteiger partial charge in [0.05, 0.1) is 6.61 Å². The number of benzene rings is 1. The van der Waals surface area contributed by atoms with Crippen LogP contribution in [0.25, 0.3) is 0 Å². The van der Waals surface area contributed by atoms with Gasteiger partial charge in [-0.05, 0) is 43.9 Å². The number of thioether (sulfide) groups is 1. The quantitative estimate of drug-likeness (QED) is 0.910. The third-order valence-electron chi connectivity index (χ3n) is 4.12. The maximum atomic E-state index is 5.94. The zero-order valence-corrected chi connectivity index (χ0v) is 12.5. The second-order valence-corrected chi connectivity index (χ2v) is 6.99. The van der Waals surface area contributed by atoms with Gasteiger partial charge in [0.2, 0.25) is 0 Å². The Morgan fingerprint density at radius 2 is 2.26 bits per heavy atom. The van der Waals surface area contributed by atoms with Crippen molar-refractivity contribution >= 4 is 11.8 Å². The smallest absolute Gasteiger partial charge is 0.126 e. The molecule has 2 nitrogen and oxygen atoms in total. The normalized spacial score (nSPS) is 26.6. The van der Waals surface area contributed by atoms with E-state index >= 15 is 0 Å². The van der Waals surface area contributed by atoms with E-state index in [2.05, 4.69) is 42.2 Å². The number of ether oxygens (including phenoxy) is 1. The summed E-state index contributed by atoms with van der Waals surface area (Å²) in [4.78, 5) is 0. The molecule has 1 aromatic rings. The van der Waals surface area contributed by atoms with Crippen molar-refractivity contribution in [3.63, 3.8) is 0 Å². The van der Waals surface area contributed by atoms with Crippen LogP contribution in [0, 0.1) is 6.92 Å². The van der Waals surface area contributed by atoms with Gasteiger partial charge in [0.25, 0.3) is 0 Å². The van der Waals surface area contributed by atoms with Gasteiger partial charge in [0.1, 0.15) is 5.75 Å². The van der Waals surface area contributed by atoms with Gasteiger partial charge >= 0.3 is 0 Å². The summed E-state index contributed by atoms with van der Waals surface area (Å²) in [6.45, 7) is 4.14. The highest BCUT2D eigenvalue weighted by atomic mass is 32.2. The van der Waals surface area contributed by atoms with Crippen molar-refractivity contribution in [2.75, 3.05) is 18.9 Å². The van der Waals surface area contributed by atoms with Gasteiger partial charge < -0.3 is 10.1 Å². The fourth-order valence-electron chi connectivity index (χ4n) is 3.05. The van der Waals surface area contributed by atoms with Crippen LogP contribution in [0.2, 0.25) is 0 Å². The lowest BCUT2D eigenvalue weighted by atomic mass is 9.99. The van der Waals surface area contributed by atoms with Crippen molar-refractivity contribution in [1.82, 2.24) is 5.32 Å². The van der Waals surface area contributed by atoms with Crippen molar-refractivity contribution in [2.45, 2.75) is 43.9 Å². The Hall–Kier alpha value is -0.670. The van der Waals surface area contributed by atoms with E-state index in [1.54, 1.807) is 0 Å². The van der Waals surface area contributed by atoms with Gasteiger partial charge in [-0.1, -0.05) is 18.2 Å². The molecule has 2 aliphatic rings. The van der Waals surface area contributed by atoms with Crippen molar-refractivity contribution in [2.24, 2.45) is 0 Å². The summed E-state index contributed by atoms with van der Waals surface area (Å²) in [6, 6.07) is 7.00. The summed E-state index contributed by atoms with van der Waals surface area (Å²) >= 11 is 2.13. The molecular weight excluding hydrogens is 254 g/mol. The van der Waals surface area contributed by atoms with Gasteiger partial charge in [0, 0.05) is 23.4 Å². The summed E-state index contributed by atoms with van der Waals surface area (Å²) in [5.41, 5.74) is 2.63. The molecule has 1 aromatic carbocycles. The Balaban J connectivity index is 1.72. The second-order valence-electron chi connectivity index (χ2n) is 5.58. The Kier molecular flexibility index (Phi) is 4.34. The molecule has 104 valence electrons.